The average Bonchev–Trinajstić information content (AvgIpc) is 2.73. The molecule has 2 rings (SSSR count). The van der Waals surface area contributed by atoms with E-state index in [1.165, 1.54) is 0 Å². The largest absolute Gasteiger partial charge is 0.327 e. The Balaban J connectivity index is 2.53. The molecule has 0 saturated heterocycles. The number of hydrogen-bond donors (Lipinski definition) is 0. The van der Waals surface area contributed by atoms with Crippen LogP contribution in [0.15, 0.2) is 16.6 Å². The number of benzene rings is 1. The monoisotopic (exact) mass is 374 g/mol. The van der Waals surface area contributed by atoms with Crippen LogP contribution in [0.5, 0.6) is 0 Å². The number of rotatable bonds is 5. The molecule has 0 aliphatic rings. The first-order valence-electron chi connectivity index (χ1n) is 7.25. The highest BCUT2D eigenvalue weighted by atomic mass is 79.9. The first kappa shape index (κ1) is 16.8. The summed E-state index contributed by atoms with van der Waals surface area (Å²) in [6.07, 6.45) is 0. The van der Waals surface area contributed by atoms with E-state index in [0.29, 0.717) is 28.1 Å². The summed E-state index contributed by atoms with van der Waals surface area (Å²) in [5, 5.41) is 0. The van der Waals surface area contributed by atoms with Gasteiger partial charge in [-0.2, -0.15) is 0 Å². The van der Waals surface area contributed by atoms with Crippen molar-refractivity contribution in [2.75, 3.05) is 0 Å². The Morgan fingerprint density at radius 3 is 2.38 bits per heavy atom. The molecule has 0 spiro atoms. The highest BCUT2D eigenvalue weighted by molar-refractivity contribution is 9.10. The second-order valence-corrected chi connectivity index (χ2v) is 7.30. The first-order chi connectivity index (χ1) is 9.85. The van der Waals surface area contributed by atoms with Crippen molar-refractivity contribution in [2.24, 2.45) is 17.8 Å². The minimum Gasteiger partial charge on any atom is -0.327 e. The van der Waals surface area contributed by atoms with Crippen LogP contribution in [-0.2, 0) is 12.4 Å². The number of hydrogen-bond acceptors (Lipinski definition) is 1. The van der Waals surface area contributed by atoms with Gasteiger partial charge < -0.3 is 4.57 Å². The molecule has 1 aromatic heterocycles. The lowest BCUT2D eigenvalue weighted by atomic mass is 9.85. The van der Waals surface area contributed by atoms with E-state index in [2.05, 4.69) is 53.2 Å². The molecule has 5 heteroatoms. The molecule has 0 radical (unpaired) electrons. The predicted molar refractivity (Wildman–Crippen MR) is 90.1 cm³/mol. The number of nitrogens with zero attached hydrogens (tertiary/aromatic N) is 2. The Hall–Kier alpha value is -0.610. The maximum Gasteiger partial charge on any atom is 0.139 e. The Kier molecular flexibility index (Phi) is 5.31. The van der Waals surface area contributed by atoms with Gasteiger partial charge in [-0.05, 0) is 39.8 Å². The fourth-order valence-corrected chi connectivity index (χ4v) is 3.41. The third kappa shape index (κ3) is 3.42. The van der Waals surface area contributed by atoms with Crippen molar-refractivity contribution in [3.05, 3.63) is 28.2 Å². The lowest BCUT2D eigenvalue weighted by Gasteiger charge is -2.26. The number of fused-ring (bicyclic) bond motifs is 1. The van der Waals surface area contributed by atoms with E-state index in [0.717, 1.165) is 23.4 Å². The molecular weight excluding hydrogens is 355 g/mol. The summed E-state index contributed by atoms with van der Waals surface area (Å²) >= 11 is 9.25. The molecule has 2 nitrogen and oxygen atoms in total. The summed E-state index contributed by atoms with van der Waals surface area (Å²) in [4.78, 5) is 4.54. The lowest BCUT2D eigenvalue weighted by Crippen LogP contribution is -2.22. The second kappa shape index (κ2) is 6.66. The quantitative estimate of drug-likeness (QED) is 0.621. The SMILES string of the molecule is CC(C)C(Cn1c(CCl)nc2cc(Br)c(F)cc21)C(C)C. The van der Waals surface area contributed by atoms with Crippen molar-refractivity contribution >= 4 is 38.6 Å². The number of aromatic nitrogens is 2. The van der Waals surface area contributed by atoms with Gasteiger partial charge >= 0.3 is 0 Å². The van der Waals surface area contributed by atoms with Gasteiger partial charge in [0.15, 0.2) is 0 Å². The molecule has 0 atom stereocenters. The van der Waals surface area contributed by atoms with E-state index in [4.69, 9.17) is 11.6 Å². The summed E-state index contributed by atoms with van der Waals surface area (Å²) in [5.74, 6) is 2.45. The molecule has 0 saturated carbocycles. The normalized spacial score (nSPS) is 12.3. The maximum atomic E-state index is 13.9. The van der Waals surface area contributed by atoms with Crippen molar-refractivity contribution in [3.63, 3.8) is 0 Å². The van der Waals surface area contributed by atoms with Crippen LogP contribution in [0.1, 0.15) is 33.5 Å². The van der Waals surface area contributed by atoms with Gasteiger partial charge in [0.25, 0.3) is 0 Å². The molecule has 0 aliphatic heterocycles. The van der Waals surface area contributed by atoms with Gasteiger partial charge in [0, 0.05) is 12.6 Å². The third-order valence-corrected chi connectivity index (χ3v) is 4.94. The molecule has 21 heavy (non-hydrogen) atoms. The zero-order chi connectivity index (χ0) is 15.7. The minimum atomic E-state index is -0.268. The molecule has 0 bridgehead atoms. The summed E-state index contributed by atoms with van der Waals surface area (Å²) in [5.41, 5.74) is 1.60. The van der Waals surface area contributed by atoms with Crippen molar-refractivity contribution in [2.45, 2.75) is 40.1 Å². The molecule has 1 aromatic carbocycles. The predicted octanol–water partition coefficient (Wildman–Crippen LogP) is 5.60. The van der Waals surface area contributed by atoms with Gasteiger partial charge in [0.2, 0.25) is 0 Å². The first-order valence-corrected chi connectivity index (χ1v) is 8.58. The van der Waals surface area contributed by atoms with E-state index in [1.807, 2.05) is 0 Å². The fourth-order valence-electron chi connectivity index (χ4n) is 2.88. The topological polar surface area (TPSA) is 17.8 Å². The van der Waals surface area contributed by atoms with Gasteiger partial charge in [-0.3, -0.25) is 0 Å². The van der Waals surface area contributed by atoms with Crippen LogP contribution in [0.2, 0.25) is 0 Å². The highest BCUT2D eigenvalue weighted by Gasteiger charge is 2.21. The molecule has 0 N–H and O–H groups in total. The molecule has 116 valence electrons. The van der Waals surface area contributed by atoms with E-state index < -0.39 is 0 Å². The van der Waals surface area contributed by atoms with Crippen LogP contribution < -0.4 is 0 Å². The van der Waals surface area contributed by atoms with Crippen molar-refractivity contribution in [1.82, 2.24) is 9.55 Å². The van der Waals surface area contributed by atoms with Crippen LogP contribution in [0.25, 0.3) is 11.0 Å². The summed E-state index contributed by atoms with van der Waals surface area (Å²) in [6, 6.07) is 3.26. The van der Waals surface area contributed by atoms with Gasteiger partial charge in [-0.1, -0.05) is 27.7 Å². The van der Waals surface area contributed by atoms with E-state index in [9.17, 15) is 4.39 Å². The molecule has 0 fully saturated rings. The zero-order valence-electron chi connectivity index (χ0n) is 12.8. The van der Waals surface area contributed by atoms with Crippen LogP contribution in [-0.4, -0.2) is 9.55 Å². The molecule has 0 amide bonds. The van der Waals surface area contributed by atoms with Gasteiger partial charge in [-0.15, -0.1) is 11.6 Å². The maximum absolute atomic E-state index is 13.9. The third-order valence-electron chi connectivity index (χ3n) is 4.09. The van der Waals surface area contributed by atoms with Gasteiger partial charge in [-0.25, -0.2) is 9.37 Å². The van der Waals surface area contributed by atoms with Crippen molar-refractivity contribution in [3.8, 4) is 0 Å². The smallest absolute Gasteiger partial charge is 0.139 e. The van der Waals surface area contributed by atoms with E-state index >= 15 is 0 Å². The zero-order valence-corrected chi connectivity index (χ0v) is 15.2. The van der Waals surface area contributed by atoms with E-state index in [-0.39, 0.29) is 5.82 Å². The molecule has 2 aromatic rings. The Bertz CT molecular complexity index is 629. The number of imidazole rings is 1. The number of halogens is 3. The van der Waals surface area contributed by atoms with Gasteiger partial charge in [0.1, 0.15) is 11.6 Å². The Morgan fingerprint density at radius 2 is 1.86 bits per heavy atom. The molecule has 1 heterocycles. The molecule has 0 unspecified atom stereocenters. The summed E-state index contributed by atoms with van der Waals surface area (Å²) in [6.45, 7) is 9.71. The van der Waals surface area contributed by atoms with Crippen LogP contribution >= 0.6 is 27.5 Å². The average molecular weight is 376 g/mol. The standard InChI is InChI=1S/C16H21BrClFN2/c1-9(2)11(10(3)4)8-21-15-6-13(19)12(17)5-14(15)20-16(21)7-18/h5-6,9-11H,7-8H2,1-4H3. The second-order valence-electron chi connectivity index (χ2n) is 6.18. The van der Waals surface area contributed by atoms with Crippen LogP contribution in [0.3, 0.4) is 0 Å². The summed E-state index contributed by atoms with van der Waals surface area (Å²) < 4.78 is 16.4. The Labute approximate surface area is 138 Å². The van der Waals surface area contributed by atoms with Crippen molar-refractivity contribution < 1.29 is 4.39 Å². The fraction of sp³-hybridized carbons (Fsp3) is 0.562. The molecular formula is C16H21BrClFN2. The Morgan fingerprint density at radius 1 is 1.24 bits per heavy atom. The number of alkyl halides is 1. The highest BCUT2D eigenvalue weighted by Crippen LogP contribution is 2.29. The van der Waals surface area contributed by atoms with Gasteiger partial charge in [0.05, 0.1) is 21.4 Å². The van der Waals surface area contributed by atoms with Crippen molar-refractivity contribution in [1.29, 1.82) is 0 Å². The van der Waals surface area contributed by atoms with Crippen LogP contribution in [0, 0.1) is 23.6 Å². The molecule has 0 aliphatic carbocycles. The minimum absolute atomic E-state index is 0.268. The lowest BCUT2D eigenvalue weighted by molar-refractivity contribution is 0.252. The van der Waals surface area contributed by atoms with E-state index in [1.54, 1.807) is 12.1 Å². The summed E-state index contributed by atoms with van der Waals surface area (Å²) in [7, 11) is 0. The van der Waals surface area contributed by atoms with Crippen LogP contribution in [0.4, 0.5) is 4.39 Å².